The molecule has 0 saturated carbocycles. The van der Waals surface area contributed by atoms with Crippen LogP contribution in [0, 0.1) is 5.92 Å². The smallest absolute Gasteiger partial charge is 0.321 e. The van der Waals surface area contributed by atoms with Crippen LogP contribution >= 0.6 is 11.3 Å². The second-order valence-electron chi connectivity index (χ2n) is 5.59. The van der Waals surface area contributed by atoms with Gasteiger partial charge in [-0.25, -0.2) is 4.79 Å². The predicted molar refractivity (Wildman–Crippen MR) is 91.7 cm³/mol. The van der Waals surface area contributed by atoms with Crippen LogP contribution in [0.1, 0.15) is 17.0 Å². The summed E-state index contributed by atoms with van der Waals surface area (Å²) in [6, 6.07) is 7.55. The minimum atomic E-state index is -0.256. The number of anilines is 1. The maximum absolute atomic E-state index is 11.9. The molecule has 7 nitrogen and oxygen atoms in total. The lowest BCUT2D eigenvalue weighted by atomic mass is 10.1. The lowest BCUT2D eigenvalue weighted by Crippen LogP contribution is -2.33. The van der Waals surface area contributed by atoms with Crippen molar-refractivity contribution in [3.05, 3.63) is 34.8 Å². The molecule has 0 unspecified atom stereocenters. The van der Waals surface area contributed by atoms with Gasteiger partial charge >= 0.3 is 6.03 Å². The Labute approximate surface area is 144 Å². The zero-order valence-electron chi connectivity index (χ0n) is 13.4. The minimum Gasteiger partial charge on any atom is -0.497 e. The number of hydrogen-bond donors (Lipinski definition) is 2. The molecule has 1 aliphatic rings. The van der Waals surface area contributed by atoms with Gasteiger partial charge < -0.3 is 14.8 Å². The third kappa shape index (κ3) is 4.65. The van der Waals surface area contributed by atoms with E-state index in [2.05, 4.69) is 20.8 Å². The Bertz CT molecular complexity index is 668. The second-order valence-corrected chi connectivity index (χ2v) is 6.65. The van der Waals surface area contributed by atoms with E-state index in [0.717, 1.165) is 29.3 Å². The van der Waals surface area contributed by atoms with Gasteiger partial charge in [-0.2, -0.15) is 0 Å². The van der Waals surface area contributed by atoms with Crippen LogP contribution in [0.25, 0.3) is 0 Å². The molecular weight excluding hydrogens is 328 g/mol. The molecule has 8 heteroatoms. The second kappa shape index (κ2) is 8.07. The van der Waals surface area contributed by atoms with E-state index >= 15 is 0 Å². The molecule has 24 heavy (non-hydrogen) atoms. The molecule has 1 aromatic carbocycles. The van der Waals surface area contributed by atoms with Gasteiger partial charge in [0.2, 0.25) is 5.13 Å². The van der Waals surface area contributed by atoms with Crippen molar-refractivity contribution in [1.82, 2.24) is 15.5 Å². The quantitative estimate of drug-likeness (QED) is 0.837. The number of carbonyl (C=O) groups excluding carboxylic acids is 1. The Morgan fingerprint density at radius 3 is 2.92 bits per heavy atom. The predicted octanol–water partition coefficient (Wildman–Crippen LogP) is 2.30. The average molecular weight is 348 g/mol. The van der Waals surface area contributed by atoms with Gasteiger partial charge in [-0.05, 0) is 24.1 Å². The minimum absolute atomic E-state index is 0.256. The number of rotatable bonds is 6. The first-order chi connectivity index (χ1) is 11.7. The van der Waals surface area contributed by atoms with Crippen LogP contribution in [-0.2, 0) is 11.2 Å². The monoisotopic (exact) mass is 348 g/mol. The molecule has 1 fully saturated rings. The van der Waals surface area contributed by atoms with Gasteiger partial charge in [0.25, 0.3) is 0 Å². The maximum Gasteiger partial charge on any atom is 0.321 e. The van der Waals surface area contributed by atoms with E-state index in [0.29, 0.717) is 30.6 Å². The number of aromatic nitrogens is 2. The SMILES string of the molecule is COc1ccc(Cc2nnc(NC(=O)NC[C@H]3CCOC3)s2)cc1. The van der Waals surface area contributed by atoms with Crippen LogP contribution in [0.15, 0.2) is 24.3 Å². The fourth-order valence-electron chi connectivity index (χ4n) is 2.42. The molecule has 2 aromatic rings. The molecule has 1 aliphatic heterocycles. The summed E-state index contributed by atoms with van der Waals surface area (Å²) in [5.41, 5.74) is 1.11. The Morgan fingerprint density at radius 2 is 2.21 bits per heavy atom. The molecule has 2 amide bonds. The fourth-order valence-corrected chi connectivity index (χ4v) is 3.19. The number of methoxy groups -OCH3 is 1. The highest BCUT2D eigenvalue weighted by molar-refractivity contribution is 7.15. The lowest BCUT2D eigenvalue weighted by Gasteiger charge is -2.08. The van der Waals surface area contributed by atoms with E-state index in [9.17, 15) is 4.79 Å². The van der Waals surface area contributed by atoms with E-state index in [1.54, 1.807) is 7.11 Å². The van der Waals surface area contributed by atoms with Crippen LogP contribution in [0.3, 0.4) is 0 Å². The molecule has 0 aliphatic carbocycles. The van der Waals surface area contributed by atoms with E-state index in [1.165, 1.54) is 11.3 Å². The molecule has 2 N–H and O–H groups in total. The molecule has 0 spiro atoms. The van der Waals surface area contributed by atoms with Gasteiger partial charge in [-0.15, -0.1) is 10.2 Å². The number of benzene rings is 1. The number of hydrogen-bond acceptors (Lipinski definition) is 6. The normalized spacial score (nSPS) is 16.8. The zero-order valence-corrected chi connectivity index (χ0v) is 14.3. The van der Waals surface area contributed by atoms with Gasteiger partial charge in [-0.1, -0.05) is 23.5 Å². The molecule has 2 heterocycles. The van der Waals surface area contributed by atoms with Crippen LogP contribution in [-0.4, -0.2) is 43.1 Å². The number of amides is 2. The van der Waals surface area contributed by atoms with Crippen molar-refractivity contribution >= 4 is 22.5 Å². The Hall–Kier alpha value is -2.19. The molecule has 128 valence electrons. The highest BCUT2D eigenvalue weighted by Gasteiger charge is 2.16. The standard InChI is InChI=1S/C16H20N4O3S/c1-22-13-4-2-11(3-5-13)8-14-19-20-16(24-14)18-15(21)17-9-12-6-7-23-10-12/h2-5,12H,6-10H2,1H3,(H2,17,18,20,21)/t12-/m1/s1. The van der Waals surface area contributed by atoms with Gasteiger partial charge in [0.05, 0.1) is 13.7 Å². The third-order valence-electron chi connectivity index (χ3n) is 3.78. The summed E-state index contributed by atoms with van der Waals surface area (Å²) >= 11 is 1.37. The fraction of sp³-hybridized carbons (Fsp3) is 0.438. The van der Waals surface area contributed by atoms with Crippen molar-refractivity contribution in [2.45, 2.75) is 12.8 Å². The van der Waals surface area contributed by atoms with Gasteiger partial charge in [0.1, 0.15) is 10.8 Å². The van der Waals surface area contributed by atoms with Crippen LogP contribution in [0.5, 0.6) is 5.75 Å². The third-order valence-corrected chi connectivity index (χ3v) is 4.62. The summed E-state index contributed by atoms with van der Waals surface area (Å²) in [6.07, 6.45) is 1.66. The van der Waals surface area contributed by atoms with Crippen molar-refractivity contribution in [3.8, 4) is 5.75 Å². The number of ether oxygens (including phenoxy) is 2. The number of nitrogens with zero attached hydrogens (tertiary/aromatic N) is 2. The molecule has 1 aromatic heterocycles. The summed E-state index contributed by atoms with van der Waals surface area (Å²) < 4.78 is 10.4. The topological polar surface area (TPSA) is 85.4 Å². The highest BCUT2D eigenvalue weighted by Crippen LogP contribution is 2.20. The summed E-state index contributed by atoms with van der Waals surface area (Å²) in [4.78, 5) is 11.9. The van der Waals surface area contributed by atoms with E-state index < -0.39 is 0 Å². The molecule has 1 atom stereocenters. The molecule has 1 saturated heterocycles. The molecule has 3 rings (SSSR count). The Balaban J connectivity index is 1.48. The number of urea groups is 1. The molecule has 0 bridgehead atoms. The maximum atomic E-state index is 11.9. The van der Waals surface area contributed by atoms with Gasteiger partial charge in [0, 0.05) is 25.5 Å². The first-order valence-electron chi connectivity index (χ1n) is 7.81. The van der Waals surface area contributed by atoms with Crippen LogP contribution in [0.4, 0.5) is 9.93 Å². The van der Waals surface area contributed by atoms with Crippen molar-refractivity contribution in [2.24, 2.45) is 5.92 Å². The van der Waals surface area contributed by atoms with E-state index in [-0.39, 0.29) is 6.03 Å². The summed E-state index contributed by atoms with van der Waals surface area (Å²) in [5.74, 6) is 1.22. The average Bonchev–Trinajstić information content (AvgIpc) is 3.26. The van der Waals surface area contributed by atoms with E-state index in [1.807, 2.05) is 24.3 Å². The van der Waals surface area contributed by atoms with E-state index in [4.69, 9.17) is 9.47 Å². The Morgan fingerprint density at radius 1 is 1.38 bits per heavy atom. The summed E-state index contributed by atoms with van der Waals surface area (Å²) in [7, 11) is 1.64. The van der Waals surface area contributed by atoms with Crippen molar-refractivity contribution in [2.75, 3.05) is 32.2 Å². The van der Waals surface area contributed by atoms with Crippen molar-refractivity contribution < 1.29 is 14.3 Å². The highest BCUT2D eigenvalue weighted by atomic mass is 32.1. The van der Waals surface area contributed by atoms with Crippen LogP contribution in [0.2, 0.25) is 0 Å². The van der Waals surface area contributed by atoms with Crippen molar-refractivity contribution in [3.63, 3.8) is 0 Å². The Kier molecular flexibility index (Phi) is 5.60. The first kappa shape index (κ1) is 16.7. The molecule has 0 radical (unpaired) electrons. The summed E-state index contributed by atoms with van der Waals surface area (Å²) in [6.45, 7) is 2.10. The largest absolute Gasteiger partial charge is 0.497 e. The van der Waals surface area contributed by atoms with Crippen molar-refractivity contribution in [1.29, 1.82) is 0 Å². The molecular formula is C16H20N4O3S. The number of nitrogens with one attached hydrogen (secondary N) is 2. The summed E-state index contributed by atoms with van der Waals surface area (Å²) in [5, 5.41) is 15.0. The van der Waals surface area contributed by atoms with Crippen LogP contribution < -0.4 is 15.4 Å². The number of carbonyl (C=O) groups is 1. The van der Waals surface area contributed by atoms with Gasteiger partial charge in [0.15, 0.2) is 0 Å². The lowest BCUT2D eigenvalue weighted by molar-refractivity contribution is 0.185. The first-order valence-corrected chi connectivity index (χ1v) is 8.62. The zero-order chi connectivity index (χ0) is 16.8. The van der Waals surface area contributed by atoms with Gasteiger partial charge in [-0.3, -0.25) is 5.32 Å².